The molecule has 1 aromatic heterocycles. The maximum atomic E-state index is 5.71. The summed E-state index contributed by atoms with van der Waals surface area (Å²) in [5, 5.41) is 0. The van der Waals surface area contributed by atoms with Crippen LogP contribution in [-0.4, -0.2) is 12.1 Å². The van der Waals surface area contributed by atoms with E-state index in [0.29, 0.717) is 18.2 Å². The smallest absolute Gasteiger partial charge is 0.219 e. The van der Waals surface area contributed by atoms with Crippen molar-refractivity contribution in [2.75, 3.05) is 12.8 Å². The molecule has 0 fully saturated rings. The molecule has 0 spiro atoms. The largest absolute Gasteiger partial charge is 0.439 e. The highest BCUT2D eigenvalue weighted by molar-refractivity contribution is 5.46. The molecule has 18 heavy (non-hydrogen) atoms. The first-order chi connectivity index (χ1) is 8.69. The lowest BCUT2D eigenvalue weighted by molar-refractivity contribution is 0.184. The number of ether oxygens (including phenoxy) is 2. The number of methoxy groups -OCH3 is 1. The maximum Gasteiger partial charge on any atom is 0.219 e. The van der Waals surface area contributed by atoms with Gasteiger partial charge in [0.25, 0.3) is 0 Å². The number of aryl methyl sites for hydroxylation is 1. The first-order valence-corrected chi connectivity index (χ1v) is 5.67. The molecule has 4 heteroatoms. The number of pyridine rings is 1. The van der Waals surface area contributed by atoms with Crippen molar-refractivity contribution >= 4 is 5.69 Å². The summed E-state index contributed by atoms with van der Waals surface area (Å²) >= 11 is 0. The summed E-state index contributed by atoms with van der Waals surface area (Å²) in [6.45, 7) is 2.48. The topological polar surface area (TPSA) is 57.4 Å². The molecule has 0 atom stereocenters. The summed E-state index contributed by atoms with van der Waals surface area (Å²) in [6.07, 6.45) is 1.60. The minimum atomic E-state index is 0.538. The van der Waals surface area contributed by atoms with Crippen LogP contribution in [0.25, 0.3) is 0 Å². The minimum Gasteiger partial charge on any atom is -0.439 e. The van der Waals surface area contributed by atoms with Crippen LogP contribution >= 0.6 is 0 Å². The number of anilines is 1. The number of aromatic nitrogens is 1. The second-order valence-electron chi connectivity index (χ2n) is 4.06. The summed E-state index contributed by atoms with van der Waals surface area (Å²) in [6, 6.07) is 9.54. The molecule has 0 saturated carbocycles. The van der Waals surface area contributed by atoms with E-state index in [4.69, 9.17) is 15.2 Å². The first-order valence-electron chi connectivity index (χ1n) is 5.67. The molecule has 0 saturated heterocycles. The molecule has 0 aliphatic carbocycles. The lowest BCUT2D eigenvalue weighted by Crippen LogP contribution is -1.94. The fraction of sp³-hybridized carbons (Fsp3) is 0.214. The molecule has 1 heterocycles. The summed E-state index contributed by atoms with van der Waals surface area (Å²) in [7, 11) is 1.67. The van der Waals surface area contributed by atoms with Gasteiger partial charge >= 0.3 is 0 Å². The van der Waals surface area contributed by atoms with Crippen molar-refractivity contribution in [3.63, 3.8) is 0 Å². The van der Waals surface area contributed by atoms with Gasteiger partial charge in [0.2, 0.25) is 5.88 Å². The Hall–Kier alpha value is -2.07. The van der Waals surface area contributed by atoms with Crippen molar-refractivity contribution < 1.29 is 9.47 Å². The van der Waals surface area contributed by atoms with Crippen molar-refractivity contribution in [3.8, 4) is 11.6 Å². The second kappa shape index (κ2) is 5.51. The Morgan fingerprint density at radius 3 is 2.83 bits per heavy atom. The zero-order valence-electron chi connectivity index (χ0n) is 10.5. The number of hydrogen-bond donors (Lipinski definition) is 1. The first kappa shape index (κ1) is 12.4. The van der Waals surface area contributed by atoms with Gasteiger partial charge in [-0.25, -0.2) is 4.98 Å². The van der Waals surface area contributed by atoms with Gasteiger partial charge in [-0.1, -0.05) is 12.1 Å². The number of nitrogens with two attached hydrogens (primary N) is 1. The van der Waals surface area contributed by atoms with Gasteiger partial charge < -0.3 is 15.2 Å². The van der Waals surface area contributed by atoms with E-state index >= 15 is 0 Å². The average molecular weight is 244 g/mol. The fourth-order valence-corrected chi connectivity index (χ4v) is 1.58. The molecular weight excluding hydrogens is 228 g/mol. The van der Waals surface area contributed by atoms with E-state index < -0.39 is 0 Å². The van der Waals surface area contributed by atoms with Gasteiger partial charge in [-0.05, 0) is 30.2 Å². The maximum absolute atomic E-state index is 5.71. The predicted molar refractivity (Wildman–Crippen MR) is 70.6 cm³/mol. The van der Waals surface area contributed by atoms with Crippen molar-refractivity contribution in [2.24, 2.45) is 0 Å². The van der Waals surface area contributed by atoms with Gasteiger partial charge in [-0.15, -0.1) is 0 Å². The summed E-state index contributed by atoms with van der Waals surface area (Å²) in [4.78, 5) is 4.13. The third kappa shape index (κ3) is 2.99. The van der Waals surface area contributed by atoms with E-state index in [1.54, 1.807) is 13.3 Å². The molecule has 0 aliphatic heterocycles. The highest BCUT2D eigenvalue weighted by atomic mass is 16.5. The molecule has 0 radical (unpaired) electrons. The van der Waals surface area contributed by atoms with Gasteiger partial charge in [0.15, 0.2) is 0 Å². The minimum absolute atomic E-state index is 0.538. The van der Waals surface area contributed by atoms with Gasteiger partial charge in [0.05, 0.1) is 18.5 Å². The van der Waals surface area contributed by atoms with Crippen LogP contribution in [0.2, 0.25) is 0 Å². The molecule has 2 aromatic rings. The van der Waals surface area contributed by atoms with Crippen LogP contribution in [0.3, 0.4) is 0 Å². The van der Waals surface area contributed by atoms with Crippen LogP contribution < -0.4 is 10.5 Å². The molecule has 1 aromatic carbocycles. The van der Waals surface area contributed by atoms with Gasteiger partial charge in [-0.2, -0.15) is 0 Å². The van der Waals surface area contributed by atoms with Crippen LogP contribution in [-0.2, 0) is 11.3 Å². The van der Waals surface area contributed by atoms with Gasteiger partial charge in [0.1, 0.15) is 5.75 Å². The number of nitrogen functional groups attached to an aromatic ring is 1. The van der Waals surface area contributed by atoms with E-state index in [-0.39, 0.29) is 0 Å². The third-order valence-electron chi connectivity index (χ3n) is 2.56. The highest BCUT2D eigenvalue weighted by Gasteiger charge is 2.02. The van der Waals surface area contributed by atoms with E-state index in [0.717, 1.165) is 16.9 Å². The van der Waals surface area contributed by atoms with E-state index in [1.807, 2.05) is 37.3 Å². The van der Waals surface area contributed by atoms with Crippen LogP contribution in [0.5, 0.6) is 11.6 Å². The SMILES string of the molecule is COCc1cccc(Oc2cc(C)c(N)cn2)c1. The average Bonchev–Trinajstić information content (AvgIpc) is 2.35. The van der Waals surface area contributed by atoms with E-state index in [9.17, 15) is 0 Å². The Bertz CT molecular complexity index is 541. The normalized spacial score (nSPS) is 10.3. The van der Waals surface area contributed by atoms with Crippen molar-refractivity contribution in [3.05, 3.63) is 47.7 Å². The van der Waals surface area contributed by atoms with Crippen LogP contribution in [0.4, 0.5) is 5.69 Å². The fourth-order valence-electron chi connectivity index (χ4n) is 1.58. The second-order valence-corrected chi connectivity index (χ2v) is 4.06. The summed E-state index contributed by atoms with van der Waals surface area (Å²) < 4.78 is 10.8. The lowest BCUT2D eigenvalue weighted by atomic mass is 10.2. The van der Waals surface area contributed by atoms with Gasteiger partial charge in [0, 0.05) is 13.2 Å². The molecule has 2 rings (SSSR count). The van der Waals surface area contributed by atoms with E-state index in [1.165, 1.54) is 0 Å². The standard InChI is InChI=1S/C14H16N2O2/c1-10-6-14(16-8-13(10)15)18-12-5-3-4-11(7-12)9-17-2/h3-8H,9,15H2,1-2H3. The molecule has 0 aliphatic rings. The molecular formula is C14H16N2O2. The van der Waals surface area contributed by atoms with Crippen LogP contribution in [0.15, 0.2) is 36.5 Å². The number of hydrogen-bond acceptors (Lipinski definition) is 4. The lowest BCUT2D eigenvalue weighted by Gasteiger charge is -2.08. The Morgan fingerprint density at radius 2 is 2.11 bits per heavy atom. The van der Waals surface area contributed by atoms with Crippen molar-refractivity contribution in [1.82, 2.24) is 4.98 Å². The Labute approximate surface area is 106 Å². The summed E-state index contributed by atoms with van der Waals surface area (Å²) in [5.41, 5.74) is 8.38. The van der Waals surface area contributed by atoms with E-state index in [2.05, 4.69) is 4.98 Å². The number of nitrogens with zero attached hydrogens (tertiary/aromatic N) is 1. The molecule has 0 bridgehead atoms. The third-order valence-corrected chi connectivity index (χ3v) is 2.56. The number of benzene rings is 1. The van der Waals surface area contributed by atoms with Crippen molar-refractivity contribution in [1.29, 1.82) is 0 Å². The zero-order valence-corrected chi connectivity index (χ0v) is 10.5. The van der Waals surface area contributed by atoms with Crippen LogP contribution in [0.1, 0.15) is 11.1 Å². The molecule has 94 valence electrons. The Kier molecular flexibility index (Phi) is 3.79. The zero-order chi connectivity index (χ0) is 13.0. The van der Waals surface area contributed by atoms with Crippen LogP contribution in [0, 0.1) is 6.92 Å². The molecule has 2 N–H and O–H groups in total. The predicted octanol–water partition coefficient (Wildman–Crippen LogP) is 2.91. The Morgan fingerprint density at radius 1 is 1.28 bits per heavy atom. The summed E-state index contributed by atoms with van der Waals surface area (Å²) in [5.74, 6) is 1.28. The van der Waals surface area contributed by atoms with Gasteiger partial charge in [-0.3, -0.25) is 0 Å². The quantitative estimate of drug-likeness (QED) is 0.898. The molecule has 4 nitrogen and oxygen atoms in total. The molecule has 0 amide bonds. The van der Waals surface area contributed by atoms with Crippen molar-refractivity contribution in [2.45, 2.75) is 13.5 Å². The Balaban J connectivity index is 2.17. The number of rotatable bonds is 4. The molecule has 0 unspecified atom stereocenters. The monoisotopic (exact) mass is 244 g/mol. The highest BCUT2D eigenvalue weighted by Crippen LogP contribution is 2.23.